The van der Waals surface area contributed by atoms with E-state index in [2.05, 4.69) is 20.9 Å². The summed E-state index contributed by atoms with van der Waals surface area (Å²) in [4.78, 5) is 32.0. The Hall–Kier alpha value is -1.63. The molecular weight excluding hydrogens is 374 g/mol. The number of rotatable bonds is 3. The fraction of sp³-hybridized carbons (Fsp3) is 0.588. The molecule has 1 aromatic rings. The summed E-state index contributed by atoms with van der Waals surface area (Å²) in [6, 6.07) is 3.73. The summed E-state index contributed by atoms with van der Waals surface area (Å²) in [5, 5.41) is 0. The van der Waals surface area contributed by atoms with Crippen molar-refractivity contribution in [3.63, 3.8) is 0 Å². The van der Waals surface area contributed by atoms with E-state index in [1.165, 1.54) is 0 Å². The lowest BCUT2D eigenvalue weighted by Crippen LogP contribution is -2.43. The first-order valence-corrected chi connectivity index (χ1v) is 9.15. The van der Waals surface area contributed by atoms with Crippen LogP contribution in [-0.4, -0.2) is 58.9 Å². The molecule has 2 aliphatic rings. The van der Waals surface area contributed by atoms with Crippen LogP contribution in [0.4, 0.5) is 0 Å². The van der Waals surface area contributed by atoms with Crippen LogP contribution in [-0.2, 0) is 9.59 Å². The van der Waals surface area contributed by atoms with Gasteiger partial charge >= 0.3 is 0 Å². The van der Waals surface area contributed by atoms with Crippen molar-refractivity contribution in [3.8, 4) is 5.88 Å². The van der Waals surface area contributed by atoms with Gasteiger partial charge < -0.3 is 14.5 Å². The van der Waals surface area contributed by atoms with Gasteiger partial charge in [0, 0.05) is 45.1 Å². The maximum absolute atomic E-state index is 12.7. The molecule has 0 radical (unpaired) electrons. The van der Waals surface area contributed by atoms with Crippen molar-refractivity contribution in [1.29, 1.82) is 0 Å². The monoisotopic (exact) mass is 395 g/mol. The molecule has 0 bridgehead atoms. The lowest BCUT2D eigenvalue weighted by atomic mass is 9.95. The summed E-state index contributed by atoms with van der Waals surface area (Å²) in [5.41, 5.74) is 0. The number of aromatic nitrogens is 1. The minimum absolute atomic E-state index is 0.0162. The zero-order chi connectivity index (χ0) is 17.1. The van der Waals surface area contributed by atoms with E-state index in [4.69, 9.17) is 4.74 Å². The first kappa shape index (κ1) is 17.2. The Labute approximate surface area is 150 Å². The first-order valence-electron chi connectivity index (χ1n) is 8.36. The molecule has 0 spiro atoms. The average Bonchev–Trinajstić information content (AvgIpc) is 3.05. The Morgan fingerprint density at radius 3 is 2.58 bits per heavy atom. The van der Waals surface area contributed by atoms with Gasteiger partial charge in [-0.05, 0) is 40.9 Å². The van der Waals surface area contributed by atoms with Crippen LogP contribution >= 0.6 is 15.9 Å². The van der Waals surface area contributed by atoms with Crippen LogP contribution in [0, 0.1) is 5.92 Å². The molecule has 3 rings (SSSR count). The second-order valence-corrected chi connectivity index (χ2v) is 7.24. The van der Waals surface area contributed by atoms with E-state index in [9.17, 15) is 9.59 Å². The minimum Gasteiger partial charge on any atom is -0.472 e. The Balaban J connectivity index is 1.51. The maximum Gasteiger partial charge on any atom is 0.228 e. The van der Waals surface area contributed by atoms with Gasteiger partial charge in [-0.1, -0.05) is 0 Å². The molecule has 7 heteroatoms. The number of amides is 2. The zero-order valence-corrected chi connectivity index (χ0v) is 15.4. The number of piperidine rings is 1. The zero-order valence-electron chi connectivity index (χ0n) is 13.8. The molecule has 0 aromatic carbocycles. The van der Waals surface area contributed by atoms with E-state index in [1.807, 2.05) is 21.9 Å². The molecular formula is C17H22BrN3O3. The highest BCUT2D eigenvalue weighted by Crippen LogP contribution is 2.26. The van der Waals surface area contributed by atoms with Crippen molar-refractivity contribution in [1.82, 2.24) is 14.8 Å². The van der Waals surface area contributed by atoms with Gasteiger partial charge in [0.2, 0.25) is 17.7 Å². The molecule has 3 heterocycles. The highest BCUT2D eigenvalue weighted by atomic mass is 79.9. The standard InChI is InChI=1S/C17H22BrN3O3/c1-12(22)20-8-4-13(5-9-20)17(23)21-10-6-14(11-21)24-16-15(18)3-2-7-19-16/h2-3,7,13-14H,4-6,8-11H2,1H3. The summed E-state index contributed by atoms with van der Waals surface area (Å²) in [7, 11) is 0. The van der Waals surface area contributed by atoms with Gasteiger partial charge in [-0.25, -0.2) is 4.98 Å². The van der Waals surface area contributed by atoms with E-state index in [0.29, 0.717) is 25.5 Å². The summed E-state index contributed by atoms with van der Waals surface area (Å²) in [6.07, 6.45) is 4.01. The molecule has 130 valence electrons. The molecule has 2 amide bonds. The third-order valence-electron chi connectivity index (χ3n) is 4.75. The fourth-order valence-corrected chi connectivity index (χ4v) is 3.69. The third-order valence-corrected chi connectivity index (χ3v) is 5.35. The molecule has 0 N–H and O–H groups in total. The molecule has 0 aliphatic carbocycles. The summed E-state index contributed by atoms with van der Waals surface area (Å²) < 4.78 is 6.74. The SMILES string of the molecule is CC(=O)N1CCC(C(=O)N2CCC(Oc3ncccc3Br)C2)CC1. The van der Waals surface area contributed by atoms with Crippen LogP contribution in [0.15, 0.2) is 22.8 Å². The van der Waals surface area contributed by atoms with Gasteiger partial charge in [0.1, 0.15) is 6.10 Å². The number of likely N-dealkylation sites (tertiary alicyclic amines) is 2. The van der Waals surface area contributed by atoms with Crippen LogP contribution in [0.25, 0.3) is 0 Å². The van der Waals surface area contributed by atoms with Gasteiger partial charge in [0.15, 0.2) is 0 Å². The second-order valence-electron chi connectivity index (χ2n) is 6.38. The van der Waals surface area contributed by atoms with Crippen molar-refractivity contribution < 1.29 is 14.3 Å². The predicted octanol–water partition coefficient (Wildman–Crippen LogP) is 2.08. The van der Waals surface area contributed by atoms with E-state index >= 15 is 0 Å². The lowest BCUT2D eigenvalue weighted by molar-refractivity contribution is -0.139. The van der Waals surface area contributed by atoms with Crippen molar-refractivity contribution in [2.24, 2.45) is 5.92 Å². The van der Waals surface area contributed by atoms with E-state index < -0.39 is 0 Å². The number of ether oxygens (including phenoxy) is 1. The van der Waals surface area contributed by atoms with E-state index in [-0.39, 0.29) is 23.8 Å². The molecule has 2 aliphatic heterocycles. The Morgan fingerprint density at radius 2 is 1.92 bits per heavy atom. The molecule has 2 fully saturated rings. The van der Waals surface area contributed by atoms with Gasteiger partial charge in [0.25, 0.3) is 0 Å². The van der Waals surface area contributed by atoms with E-state index in [0.717, 1.165) is 30.3 Å². The molecule has 1 unspecified atom stereocenters. The van der Waals surface area contributed by atoms with Crippen LogP contribution in [0.5, 0.6) is 5.88 Å². The molecule has 2 saturated heterocycles. The van der Waals surface area contributed by atoms with Gasteiger partial charge in [-0.3, -0.25) is 9.59 Å². The van der Waals surface area contributed by atoms with Gasteiger partial charge in [-0.15, -0.1) is 0 Å². The van der Waals surface area contributed by atoms with Crippen molar-refractivity contribution in [2.45, 2.75) is 32.3 Å². The van der Waals surface area contributed by atoms with E-state index in [1.54, 1.807) is 13.1 Å². The Kier molecular flexibility index (Phi) is 5.38. The smallest absolute Gasteiger partial charge is 0.228 e. The quantitative estimate of drug-likeness (QED) is 0.785. The molecule has 1 atom stereocenters. The molecule has 24 heavy (non-hydrogen) atoms. The normalized spacial score (nSPS) is 21.8. The van der Waals surface area contributed by atoms with Crippen LogP contribution in [0.2, 0.25) is 0 Å². The topological polar surface area (TPSA) is 62.7 Å². The summed E-state index contributed by atoms with van der Waals surface area (Å²) >= 11 is 3.43. The van der Waals surface area contributed by atoms with Crippen LogP contribution < -0.4 is 4.74 Å². The van der Waals surface area contributed by atoms with Crippen molar-refractivity contribution in [3.05, 3.63) is 22.8 Å². The number of nitrogens with zero attached hydrogens (tertiary/aromatic N) is 3. The Bertz CT molecular complexity index is 617. The van der Waals surface area contributed by atoms with Gasteiger partial charge in [0.05, 0.1) is 11.0 Å². The molecule has 0 saturated carbocycles. The number of pyridine rings is 1. The number of carbonyl (C=O) groups excluding carboxylic acids is 2. The maximum atomic E-state index is 12.7. The molecule has 1 aromatic heterocycles. The molecule has 6 nitrogen and oxygen atoms in total. The number of hydrogen-bond acceptors (Lipinski definition) is 4. The van der Waals surface area contributed by atoms with Crippen LogP contribution in [0.3, 0.4) is 0 Å². The predicted molar refractivity (Wildman–Crippen MR) is 92.5 cm³/mol. The van der Waals surface area contributed by atoms with Crippen LogP contribution in [0.1, 0.15) is 26.2 Å². The number of halogens is 1. The number of carbonyl (C=O) groups is 2. The van der Waals surface area contributed by atoms with Crippen molar-refractivity contribution >= 4 is 27.7 Å². The van der Waals surface area contributed by atoms with Crippen molar-refractivity contribution in [2.75, 3.05) is 26.2 Å². The summed E-state index contributed by atoms with van der Waals surface area (Å²) in [6.45, 7) is 4.27. The second kappa shape index (κ2) is 7.51. The van der Waals surface area contributed by atoms with Gasteiger partial charge in [-0.2, -0.15) is 0 Å². The Morgan fingerprint density at radius 1 is 1.21 bits per heavy atom. The highest BCUT2D eigenvalue weighted by molar-refractivity contribution is 9.10. The number of hydrogen-bond donors (Lipinski definition) is 0. The third kappa shape index (κ3) is 3.88. The highest BCUT2D eigenvalue weighted by Gasteiger charge is 2.34. The fourth-order valence-electron chi connectivity index (χ4n) is 3.34. The lowest BCUT2D eigenvalue weighted by Gasteiger charge is -2.32. The minimum atomic E-state index is -0.0162. The largest absolute Gasteiger partial charge is 0.472 e. The first-order chi connectivity index (χ1) is 11.5. The average molecular weight is 396 g/mol. The summed E-state index contributed by atoms with van der Waals surface area (Å²) in [5.74, 6) is 0.897.